The molecule has 3 rings (SSSR count). The number of hydrogen-bond donors (Lipinski definition) is 1. The Hall–Kier alpha value is -0.130. The maximum atomic E-state index is 12.0. The summed E-state index contributed by atoms with van der Waals surface area (Å²) in [6.45, 7) is 3.85. The van der Waals surface area contributed by atoms with Crippen molar-refractivity contribution in [2.75, 3.05) is 31.9 Å². The van der Waals surface area contributed by atoms with Crippen molar-refractivity contribution < 1.29 is 8.42 Å². The summed E-state index contributed by atoms with van der Waals surface area (Å²) in [6, 6.07) is 0.591. The molecule has 2 atom stereocenters. The fourth-order valence-electron chi connectivity index (χ4n) is 4.21. The topological polar surface area (TPSA) is 49.4 Å². The van der Waals surface area contributed by atoms with Crippen LogP contribution in [0.25, 0.3) is 0 Å². The predicted octanol–water partition coefficient (Wildman–Crippen LogP) is 1.42. The third kappa shape index (κ3) is 3.37. The molecule has 5 heteroatoms. The second-order valence-electron chi connectivity index (χ2n) is 6.85. The molecule has 1 aliphatic carbocycles. The minimum Gasteiger partial charge on any atom is -0.311 e. The second-order valence-corrected chi connectivity index (χ2v) is 9.25. The van der Waals surface area contributed by atoms with Gasteiger partial charge in [-0.2, -0.15) is 0 Å². The number of nitrogens with zero attached hydrogens (tertiary/aromatic N) is 1. The van der Waals surface area contributed by atoms with Crippen LogP contribution in [0.4, 0.5) is 0 Å². The van der Waals surface area contributed by atoms with Gasteiger partial charge in [0.15, 0.2) is 9.84 Å². The first kappa shape index (κ1) is 14.8. The molecule has 0 radical (unpaired) electrons. The van der Waals surface area contributed by atoms with Crippen molar-refractivity contribution in [1.82, 2.24) is 10.2 Å². The van der Waals surface area contributed by atoms with Gasteiger partial charge in [-0.25, -0.2) is 8.42 Å². The quantitative estimate of drug-likeness (QED) is 0.856. The van der Waals surface area contributed by atoms with Crippen molar-refractivity contribution >= 4 is 9.84 Å². The van der Waals surface area contributed by atoms with Crippen LogP contribution >= 0.6 is 0 Å². The molecule has 2 aliphatic heterocycles. The van der Waals surface area contributed by atoms with E-state index in [0.717, 1.165) is 44.9 Å². The minimum atomic E-state index is -2.79. The molecule has 1 saturated carbocycles. The highest BCUT2D eigenvalue weighted by Crippen LogP contribution is 2.28. The molecule has 0 spiro atoms. The molecule has 0 aromatic heterocycles. The molecule has 4 nitrogen and oxygen atoms in total. The lowest BCUT2D eigenvalue weighted by Crippen LogP contribution is -2.55. The summed E-state index contributed by atoms with van der Waals surface area (Å²) in [4.78, 5) is 2.41. The van der Waals surface area contributed by atoms with Crippen LogP contribution in [0.3, 0.4) is 0 Å². The van der Waals surface area contributed by atoms with E-state index >= 15 is 0 Å². The van der Waals surface area contributed by atoms with E-state index in [9.17, 15) is 8.42 Å². The highest BCUT2D eigenvalue weighted by molar-refractivity contribution is 7.92. The van der Waals surface area contributed by atoms with Crippen LogP contribution in [-0.4, -0.2) is 56.5 Å². The first-order valence-electron chi connectivity index (χ1n) is 8.32. The summed E-state index contributed by atoms with van der Waals surface area (Å²) in [5, 5.41) is 3.58. The lowest BCUT2D eigenvalue weighted by atomic mass is 9.83. The first-order chi connectivity index (χ1) is 9.65. The third-order valence-electron chi connectivity index (χ3n) is 5.43. The number of rotatable bonds is 3. The van der Waals surface area contributed by atoms with Crippen LogP contribution in [-0.2, 0) is 9.84 Å². The Kier molecular flexibility index (Phi) is 4.68. The van der Waals surface area contributed by atoms with Crippen LogP contribution in [0.2, 0.25) is 0 Å². The smallest absolute Gasteiger partial charge is 0.154 e. The molecule has 2 heterocycles. The van der Waals surface area contributed by atoms with Gasteiger partial charge in [0, 0.05) is 32.2 Å². The van der Waals surface area contributed by atoms with Crippen LogP contribution in [0, 0.1) is 5.92 Å². The van der Waals surface area contributed by atoms with Gasteiger partial charge in [0.2, 0.25) is 0 Å². The van der Waals surface area contributed by atoms with Gasteiger partial charge in [0.1, 0.15) is 0 Å². The van der Waals surface area contributed by atoms with Crippen molar-refractivity contribution in [2.24, 2.45) is 5.92 Å². The van der Waals surface area contributed by atoms with E-state index < -0.39 is 9.84 Å². The number of nitrogens with one attached hydrogen (secondary N) is 1. The fourth-order valence-corrected chi connectivity index (χ4v) is 6.08. The van der Waals surface area contributed by atoms with E-state index in [1.165, 1.54) is 32.1 Å². The van der Waals surface area contributed by atoms with Crippen LogP contribution in [0.5, 0.6) is 0 Å². The Labute approximate surface area is 123 Å². The third-order valence-corrected chi connectivity index (χ3v) is 7.69. The lowest BCUT2D eigenvalue weighted by Gasteiger charge is -2.40. The van der Waals surface area contributed by atoms with Crippen molar-refractivity contribution in [1.29, 1.82) is 0 Å². The summed E-state index contributed by atoms with van der Waals surface area (Å²) in [7, 11) is -2.79. The fraction of sp³-hybridized carbons (Fsp3) is 1.00. The van der Waals surface area contributed by atoms with Crippen molar-refractivity contribution in [3.8, 4) is 0 Å². The van der Waals surface area contributed by atoms with E-state index in [0.29, 0.717) is 11.8 Å². The standard InChI is InChI=1S/C15H28N2O2S/c18-20(19)10-4-7-14(20)11-17-9-8-16-15(12-17)13-5-2-1-3-6-13/h13-16H,1-12H2. The van der Waals surface area contributed by atoms with E-state index in [-0.39, 0.29) is 5.25 Å². The minimum absolute atomic E-state index is 0.0902. The first-order valence-corrected chi connectivity index (χ1v) is 10.0. The maximum absolute atomic E-state index is 12.0. The summed E-state index contributed by atoms with van der Waals surface area (Å²) >= 11 is 0. The summed E-state index contributed by atoms with van der Waals surface area (Å²) in [6.07, 6.45) is 8.60. The van der Waals surface area contributed by atoms with Gasteiger partial charge in [-0.05, 0) is 31.6 Å². The van der Waals surface area contributed by atoms with Gasteiger partial charge >= 0.3 is 0 Å². The zero-order valence-corrected chi connectivity index (χ0v) is 13.2. The highest BCUT2D eigenvalue weighted by atomic mass is 32.2. The number of hydrogen-bond acceptors (Lipinski definition) is 4. The van der Waals surface area contributed by atoms with Crippen molar-refractivity contribution in [3.63, 3.8) is 0 Å². The van der Waals surface area contributed by atoms with Crippen LogP contribution in [0.15, 0.2) is 0 Å². The Morgan fingerprint density at radius 1 is 1.05 bits per heavy atom. The summed E-state index contributed by atoms with van der Waals surface area (Å²) < 4.78 is 24.0. The molecular weight excluding hydrogens is 272 g/mol. The molecule has 2 unspecified atom stereocenters. The lowest BCUT2D eigenvalue weighted by molar-refractivity contribution is 0.146. The zero-order valence-electron chi connectivity index (χ0n) is 12.4. The second kappa shape index (κ2) is 6.32. The van der Waals surface area contributed by atoms with Gasteiger partial charge in [-0.15, -0.1) is 0 Å². The van der Waals surface area contributed by atoms with Crippen LogP contribution < -0.4 is 5.32 Å². The average Bonchev–Trinajstić information content (AvgIpc) is 2.79. The molecule has 3 aliphatic rings. The van der Waals surface area contributed by atoms with E-state index in [4.69, 9.17) is 0 Å². The van der Waals surface area contributed by atoms with Gasteiger partial charge in [-0.1, -0.05) is 19.3 Å². The molecule has 0 amide bonds. The Balaban J connectivity index is 1.55. The maximum Gasteiger partial charge on any atom is 0.154 e. The van der Waals surface area contributed by atoms with Crippen LogP contribution in [0.1, 0.15) is 44.9 Å². The Morgan fingerprint density at radius 3 is 2.55 bits per heavy atom. The Morgan fingerprint density at radius 2 is 1.85 bits per heavy atom. The van der Waals surface area contributed by atoms with Gasteiger partial charge in [-0.3, -0.25) is 4.90 Å². The SMILES string of the molecule is O=S1(=O)CCCC1CN1CCNC(C2CCCCC2)C1. The average molecular weight is 300 g/mol. The molecule has 116 valence electrons. The Bertz CT molecular complexity index is 418. The molecule has 0 bridgehead atoms. The summed E-state index contributed by atoms with van der Waals surface area (Å²) in [5.41, 5.74) is 0. The highest BCUT2D eigenvalue weighted by Gasteiger charge is 2.35. The molecule has 3 fully saturated rings. The predicted molar refractivity (Wildman–Crippen MR) is 81.6 cm³/mol. The van der Waals surface area contributed by atoms with Crippen molar-refractivity contribution in [3.05, 3.63) is 0 Å². The number of piperazine rings is 1. The molecular formula is C15H28N2O2S. The summed E-state index contributed by atoms with van der Waals surface area (Å²) in [5.74, 6) is 1.22. The molecule has 0 aromatic carbocycles. The normalized spacial score (nSPS) is 36.2. The molecule has 2 saturated heterocycles. The molecule has 0 aromatic rings. The zero-order chi connectivity index (χ0) is 14.0. The van der Waals surface area contributed by atoms with E-state index in [2.05, 4.69) is 10.2 Å². The van der Waals surface area contributed by atoms with Gasteiger partial charge < -0.3 is 5.32 Å². The van der Waals surface area contributed by atoms with E-state index in [1.54, 1.807) is 0 Å². The van der Waals surface area contributed by atoms with Gasteiger partial charge in [0.05, 0.1) is 11.0 Å². The van der Waals surface area contributed by atoms with Gasteiger partial charge in [0.25, 0.3) is 0 Å². The molecule has 1 N–H and O–H groups in total. The van der Waals surface area contributed by atoms with E-state index in [1.807, 2.05) is 0 Å². The number of sulfone groups is 1. The monoisotopic (exact) mass is 300 g/mol. The largest absolute Gasteiger partial charge is 0.311 e. The molecule has 20 heavy (non-hydrogen) atoms. The van der Waals surface area contributed by atoms with Crippen molar-refractivity contribution in [2.45, 2.75) is 56.2 Å².